The maximum Gasteiger partial charge on any atom is 0.316 e. The second-order valence-electron chi connectivity index (χ2n) is 9.65. The van der Waals surface area contributed by atoms with Crippen LogP contribution in [0.25, 0.3) is 0 Å². The molecule has 1 atom stereocenters. The van der Waals surface area contributed by atoms with Crippen LogP contribution in [0.1, 0.15) is 68.3 Å². The van der Waals surface area contributed by atoms with Crippen LogP contribution in [0, 0.1) is 29.6 Å². The minimum atomic E-state index is -1.23. The molecule has 2 N–H and O–H groups in total. The number of aliphatic carboxylic acids is 1. The minimum Gasteiger partial charge on any atom is -0.481 e. The first kappa shape index (κ1) is 19.2. The summed E-state index contributed by atoms with van der Waals surface area (Å²) in [6, 6.07) is 7.65. The fourth-order valence-corrected chi connectivity index (χ4v) is 6.40. The highest BCUT2D eigenvalue weighted by molar-refractivity contribution is 6.09. The van der Waals surface area contributed by atoms with Crippen molar-refractivity contribution in [3.63, 3.8) is 0 Å². The molecule has 5 rings (SSSR count). The van der Waals surface area contributed by atoms with Gasteiger partial charge in [-0.1, -0.05) is 26.0 Å². The lowest BCUT2D eigenvalue weighted by atomic mass is 9.48. The maximum absolute atomic E-state index is 12.4. The van der Waals surface area contributed by atoms with Crippen molar-refractivity contribution >= 4 is 17.8 Å². The van der Waals surface area contributed by atoms with E-state index in [1.54, 1.807) is 26.0 Å². The van der Waals surface area contributed by atoms with Gasteiger partial charge in [-0.2, -0.15) is 0 Å². The highest BCUT2D eigenvalue weighted by Crippen LogP contribution is 2.60. The van der Waals surface area contributed by atoms with Crippen molar-refractivity contribution < 1.29 is 19.5 Å². The summed E-state index contributed by atoms with van der Waals surface area (Å²) in [5.41, 5.74) is 1.99. The van der Waals surface area contributed by atoms with Gasteiger partial charge in [-0.25, -0.2) is 0 Å². The Kier molecular flexibility index (Phi) is 4.80. The van der Waals surface area contributed by atoms with Crippen molar-refractivity contribution in [1.82, 2.24) is 5.32 Å². The van der Waals surface area contributed by atoms with Gasteiger partial charge in [0.15, 0.2) is 0 Å². The third-order valence-corrected chi connectivity index (χ3v) is 7.25. The third kappa shape index (κ3) is 3.36. The number of carboxylic acid groups (broad SMARTS) is 1. The molecule has 4 fully saturated rings. The molecule has 0 aromatic heterocycles. The van der Waals surface area contributed by atoms with Gasteiger partial charge in [0, 0.05) is 5.56 Å². The van der Waals surface area contributed by atoms with Gasteiger partial charge in [0.1, 0.15) is 5.92 Å². The molecule has 0 radical (unpaired) electrons. The number of carbonyl (C=O) groups is 3. The summed E-state index contributed by atoms with van der Waals surface area (Å²) in [5, 5.41) is 11.5. The van der Waals surface area contributed by atoms with Crippen molar-refractivity contribution in [3.8, 4) is 0 Å². The van der Waals surface area contributed by atoms with Crippen LogP contribution >= 0.6 is 0 Å². The first-order valence-corrected chi connectivity index (χ1v) is 10.5. The summed E-state index contributed by atoms with van der Waals surface area (Å²) < 4.78 is 0. The molecule has 5 nitrogen and oxygen atoms in total. The Balaban J connectivity index is 1.47. The van der Waals surface area contributed by atoms with E-state index in [9.17, 15) is 19.5 Å². The van der Waals surface area contributed by atoms with E-state index in [2.05, 4.69) is 5.32 Å². The highest BCUT2D eigenvalue weighted by Gasteiger charge is 2.51. The van der Waals surface area contributed by atoms with E-state index in [0.29, 0.717) is 5.56 Å². The molecule has 1 aromatic carbocycles. The number of carboxylic acids is 1. The molecule has 4 saturated carbocycles. The lowest BCUT2D eigenvalue weighted by Gasteiger charge is -2.57. The van der Waals surface area contributed by atoms with E-state index < -0.39 is 23.7 Å². The normalized spacial score (nSPS) is 31.6. The Morgan fingerprint density at radius 1 is 0.964 bits per heavy atom. The van der Waals surface area contributed by atoms with Crippen LogP contribution in [0.3, 0.4) is 0 Å². The van der Waals surface area contributed by atoms with E-state index in [1.165, 1.54) is 44.1 Å². The molecule has 5 heteroatoms. The summed E-state index contributed by atoms with van der Waals surface area (Å²) in [6.07, 6.45) is 7.96. The number of nitrogens with one attached hydrogen (secondary N) is 1. The SMILES string of the molecule is CC(C)[C@H](C(=O)O)C(=O)NC(=O)c1ccc(C23CC4CC(CC(C4)C2)C3)cc1. The first-order valence-electron chi connectivity index (χ1n) is 10.5. The molecule has 0 unspecified atom stereocenters. The van der Waals surface area contributed by atoms with E-state index >= 15 is 0 Å². The summed E-state index contributed by atoms with van der Waals surface area (Å²) in [6.45, 7) is 3.31. The second kappa shape index (κ2) is 7.02. The summed E-state index contributed by atoms with van der Waals surface area (Å²) in [4.78, 5) is 35.9. The zero-order valence-corrected chi connectivity index (χ0v) is 16.6. The van der Waals surface area contributed by atoms with Crippen LogP contribution in [0.2, 0.25) is 0 Å². The van der Waals surface area contributed by atoms with Crippen molar-refractivity contribution in [1.29, 1.82) is 0 Å². The molecular weight excluding hydrogens is 354 g/mol. The number of benzene rings is 1. The van der Waals surface area contributed by atoms with Gasteiger partial charge in [-0.3, -0.25) is 19.7 Å². The maximum atomic E-state index is 12.4. The minimum absolute atomic E-state index is 0.269. The molecule has 4 bridgehead atoms. The number of hydrogen-bond donors (Lipinski definition) is 2. The van der Waals surface area contributed by atoms with Gasteiger partial charge < -0.3 is 5.11 Å². The molecule has 0 saturated heterocycles. The standard InChI is InChI=1S/C23H29NO4/c1-13(2)19(22(27)28)21(26)24-20(25)17-3-5-18(6-4-17)23-10-14-7-15(11-23)9-16(8-14)12-23/h3-6,13-16,19H,7-12H2,1-2H3,(H,27,28)(H,24,25,26)/t14?,15?,16?,19-,23?/m0/s1. The Morgan fingerprint density at radius 3 is 1.89 bits per heavy atom. The van der Waals surface area contributed by atoms with E-state index in [-0.39, 0.29) is 11.3 Å². The Labute approximate surface area is 165 Å². The van der Waals surface area contributed by atoms with Crippen molar-refractivity contribution in [2.45, 2.75) is 57.8 Å². The van der Waals surface area contributed by atoms with Gasteiger partial charge >= 0.3 is 5.97 Å². The van der Waals surface area contributed by atoms with Crippen molar-refractivity contribution in [2.75, 3.05) is 0 Å². The smallest absolute Gasteiger partial charge is 0.316 e. The largest absolute Gasteiger partial charge is 0.481 e. The molecule has 0 heterocycles. The Bertz CT molecular complexity index is 760. The monoisotopic (exact) mass is 383 g/mol. The van der Waals surface area contributed by atoms with Crippen molar-refractivity contribution in [3.05, 3.63) is 35.4 Å². The predicted octanol–water partition coefficient (Wildman–Crippen LogP) is 3.77. The molecule has 1 aromatic rings. The van der Waals surface area contributed by atoms with Gasteiger partial charge in [-0.15, -0.1) is 0 Å². The average Bonchev–Trinajstić information content (AvgIpc) is 2.60. The molecule has 28 heavy (non-hydrogen) atoms. The van der Waals surface area contributed by atoms with E-state index in [4.69, 9.17) is 0 Å². The second-order valence-corrected chi connectivity index (χ2v) is 9.65. The number of hydrogen-bond acceptors (Lipinski definition) is 3. The first-order chi connectivity index (χ1) is 13.3. The molecular formula is C23H29NO4. The lowest BCUT2D eigenvalue weighted by molar-refractivity contribution is -0.148. The topological polar surface area (TPSA) is 83.5 Å². The van der Waals surface area contributed by atoms with Crippen LogP contribution < -0.4 is 5.32 Å². The number of carbonyl (C=O) groups excluding carboxylic acids is 2. The average molecular weight is 383 g/mol. The molecule has 4 aliphatic rings. The van der Waals surface area contributed by atoms with E-state index in [1.807, 2.05) is 12.1 Å². The Morgan fingerprint density at radius 2 is 1.46 bits per heavy atom. The number of rotatable bonds is 5. The fourth-order valence-electron chi connectivity index (χ4n) is 6.40. The van der Waals surface area contributed by atoms with Gasteiger partial charge in [0.25, 0.3) is 5.91 Å². The van der Waals surface area contributed by atoms with Crippen LogP contribution in [0.4, 0.5) is 0 Å². The van der Waals surface area contributed by atoms with Gasteiger partial charge in [0.05, 0.1) is 0 Å². The van der Waals surface area contributed by atoms with Crippen molar-refractivity contribution in [2.24, 2.45) is 29.6 Å². The predicted molar refractivity (Wildman–Crippen MR) is 105 cm³/mol. The summed E-state index contributed by atoms with van der Waals surface area (Å²) >= 11 is 0. The quantitative estimate of drug-likeness (QED) is 0.758. The molecule has 4 aliphatic carbocycles. The number of imide groups is 1. The summed E-state index contributed by atoms with van der Waals surface area (Å²) in [5.74, 6) is -1.54. The van der Waals surface area contributed by atoms with Crippen LogP contribution in [0.15, 0.2) is 24.3 Å². The molecule has 150 valence electrons. The molecule has 0 aliphatic heterocycles. The fraction of sp³-hybridized carbons (Fsp3) is 0.609. The van der Waals surface area contributed by atoms with Crippen LogP contribution in [0.5, 0.6) is 0 Å². The van der Waals surface area contributed by atoms with E-state index in [0.717, 1.165) is 17.8 Å². The highest BCUT2D eigenvalue weighted by atomic mass is 16.4. The zero-order valence-electron chi connectivity index (χ0n) is 16.6. The van der Waals surface area contributed by atoms with Gasteiger partial charge in [-0.05, 0) is 85.3 Å². The van der Waals surface area contributed by atoms with Crippen LogP contribution in [-0.2, 0) is 15.0 Å². The van der Waals surface area contributed by atoms with Gasteiger partial charge in [0.2, 0.25) is 5.91 Å². The lowest BCUT2D eigenvalue weighted by Crippen LogP contribution is -2.48. The Hall–Kier alpha value is -2.17. The third-order valence-electron chi connectivity index (χ3n) is 7.25. The zero-order chi connectivity index (χ0) is 20.1. The number of amides is 2. The van der Waals surface area contributed by atoms with Crippen LogP contribution in [-0.4, -0.2) is 22.9 Å². The summed E-state index contributed by atoms with van der Waals surface area (Å²) in [7, 11) is 0. The molecule has 0 spiro atoms. The molecule has 2 amide bonds.